The Labute approximate surface area is 124 Å². The van der Waals surface area contributed by atoms with E-state index in [0.717, 1.165) is 12.5 Å². The predicted octanol–water partition coefficient (Wildman–Crippen LogP) is 3.60. The van der Waals surface area contributed by atoms with Crippen molar-refractivity contribution in [2.24, 2.45) is 11.8 Å². The number of nitrogens with zero attached hydrogens (tertiary/aromatic N) is 1. The maximum atomic E-state index is 14.1. The molecule has 1 fully saturated rings. The first-order valence-electron chi connectivity index (χ1n) is 6.52. The van der Waals surface area contributed by atoms with Crippen LogP contribution >= 0.6 is 11.6 Å². The number of halogens is 3. The van der Waals surface area contributed by atoms with Gasteiger partial charge in [0.05, 0.1) is 10.6 Å². The van der Waals surface area contributed by atoms with Gasteiger partial charge in [0.2, 0.25) is 5.82 Å². The molecular weight excluding hydrogens is 300 g/mol. The molecule has 0 aromatic heterocycles. The fourth-order valence-electron chi connectivity index (χ4n) is 3.35. The predicted molar refractivity (Wildman–Crippen MR) is 71.4 cm³/mol. The molecule has 1 saturated carbocycles. The lowest BCUT2D eigenvalue weighted by molar-refractivity contribution is -0.118. The molecule has 3 nitrogen and oxygen atoms in total. The van der Waals surface area contributed by atoms with Crippen LogP contribution in [0.3, 0.4) is 0 Å². The van der Waals surface area contributed by atoms with Crippen molar-refractivity contribution in [1.82, 2.24) is 0 Å². The molecule has 0 bridgehead atoms. The highest BCUT2D eigenvalue weighted by Crippen LogP contribution is 2.50. The number of Topliss-reactive ketones (excluding diaryl/α,β-unsaturated/α-hetero) is 1. The molecule has 1 aromatic rings. The first kappa shape index (κ1) is 14.0. The third kappa shape index (κ3) is 1.86. The molecule has 108 valence electrons. The zero-order valence-corrected chi connectivity index (χ0v) is 11.5. The van der Waals surface area contributed by atoms with E-state index in [9.17, 15) is 23.9 Å². The second kappa shape index (κ2) is 4.81. The zero-order valence-electron chi connectivity index (χ0n) is 10.8. The minimum atomic E-state index is -1.46. The molecule has 0 heterocycles. The van der Waals surface area contributed by atoms with E-state index in [4.69, 9.17) is 11.6 Å². The average Bonchev–Trinajstić information content (AvgIpc) is 3.03. The van der Waals surface area contributed by atoms with Gasteiger partial charge in [-0.25, -0.2) is 4.39 Å². The van der Waals surface area contributed by atoms with E-state index in [1.807, 2.05) is 6.07 Å². The van der Waals surface area contributed by atoms with Gasteiger partial charge in [0.25, 0.3) is 0 Å². The van der Waals surface area contributed by atoms with E-state index in [1.165, 1.54) is 0 Å². The van der Waals surface area contributed by atoms with Gasteiger partial charge in [0, 0.05) is 11.5 Å². The van der Waals surface area contributed by atoms with Crippen molar-refractivity contribution in [3.05, 3.63) is 33.9 Å². The fraction of sp³-hybridized carbons (Fsp3) is 0.333. The van der Waals surface area contributed by atoms with E-state index in [-0.39, 0.29) is 39.4 Å². The van der Waals surface area contributed by atoms with Crippen molar-refractivity contribution >= 4 is 23.0 Å². The second-order valence-corrected chi connectivity index (χ2v) is 5.70. The zero-order chi connectivity index (χ0) is 15.3. The second-order valence-electron chi connectivity index (χ2n) is 5.29. The highest BCUT2D eigenvalue weighted by atomic mass is 35.5. The van der Waals surface area contributed by atoms with Gasteiger partial charge in [-0.15, -0.1) is 0 Å². The summed E-state index contributed by atoms with van der Waals surface area (Å²) in [6, 6.07) is 2.89. The van der Waals surface area contributed by atoms with Gasteiger partial charge in [-0.1, -0.05) is 18.0 Å². The molecule has 0 amide bonds. The Kier molecular flexibility index (Phi) is 3.22. The number of phenolic OH excluding ortho intramolecular Hbond substituents is 1. The Bertz CT molecular complexity index is 736. The van der Waals surface area contributed by atoms with Gasteiger partial charge in [-0.2, -0.15) is 9.65 Å². The van der Waals surface area contributed by atoms with Crippen molar-refractivity contribution in [3.63, 3.8) is 0 Å². The SMILES string of the molecule is N#CC1=C(c2cc(Cl)c(O)c(F)c2F)C2CCCC2C1=O. The van der Waals surface area contributed by atoms with Crippen LogP contribution in [0, 0.1) is 34.8 Å². The molecular formula is C15H10ClF2NO2. The summed E-state index contributed by atoms with van der Waals surface area (Å²) in [7, 11) is 0. The molecule has 2 unspecified atom stereocenters. The Morgan fingerprint density at radius 1 is 1.29 bits per heavy atom. The Morgan fingerprint density at radius 3 is 2.62 bits per heavy atom. The van der Waals surface area contributed by atoms with Gasteiger partial charge in [-0.05, 0) is 30.4 Å². The normalized spacial score (nSPS) is 24.4. The maximum absolute atomic E-state index is 14.1. The summed E-state index contributed by atoms with van der Waals surface area (Å²) in [6.07, 6.45) is 2.10. The summed E-state index contributed by atoms with van der Waals surface area (Å²) >= 11 is 5.69. The largest absolute Gasteiger partial charge is 0.504 e. The van der Waals surface area contributed by atoms with Gasteiger partial charge in [0.1, 0.15) is 6.07 Å². The summed E-state index contributed by atoms with van der Waals surface area (Å²) in [5.41, 5.74) is -0.0948. The lowest BCUT2D eigenvalue weighted by Gasteiger charge is -2.15. The van der Waals surface area contributed by atoms with Crippen LogP contribution in [-0.4, -0.2) is 10.9 Å². The topological polar surface area (TPSA) is 61.1 Å². The Hall–Kier alpha value is -1.93. The first-order valence-corrected chi connectivity index (χ1v) is 6.90. The van der Waals surface area contributed by atoms with Crippen LogP contribution in [0.4, 0.5) is 8.78 Å². The highest BCUT2D eigenvalue weighted by molar-refractivity contribution is 6.32. The van der Waals surface area contributed by atoms with E-state index in [1.54, 1.807) is 0 Å². The number of ketones is 1. The van der Waals surface area contributed by atoms with Crippen molar-refractivity contribution in [2.75, 3.05) is 0 Å². The summed E-state index contributed by atoms with van der Waals surface area (Å²) < 4.78 is 27.8. The number of carbonyl (C=O) groups is 1. The summed E-state index contributed by atoms with van der Waals surface area (Å²) in [5, 5.41) is 18.2. The van der Waals surface area contributed by atoms with Crippen LogP contribution in [0.5, 0.6) is 5.75 Å². The van der Waals surface area contributed by atoms with Crippen LogP contribution in [0.15, 0.2) is 11.6 Å². The number of allylic oxidation sites excluding steroid dienone is 2. The molecule has 0 saturated heterocycles. The lowest BCUT2D eigenvalue weighted by Crippen LogP contribution is -2.11. The van der Waals surface area contributed by atoms with E-state index in [0.29, 0.717) is 12.8 Å². The van der Waals surface area contributed by atoms with Crippen molar-refractivity contribution in [2.45, 2.75) is 19.3 Å². The van der Waals surface area contributed by atoms with Crippen LogP contribution < -0.4 is 0 Å². The van der Waals surface area contributed by atoms with Crippen LogP contribution in [0.2, 0.25) is 5.02 Å². The number of rotatable bonds is 1. The molecule has 2 aliphatic carbocycles. The molecule has 2 aliphatic rings. The third-order valence-corrected chi connectivity index (χ3v) is 4.56. The van der Waals surface area contributed by atoms with E-state index >= 15 is 0 Å². The Balaban J connectivity index is 2.26. The summed E-state index contributed by atoms with van der Waals surface area (Å²) in [4.78, 5) is 12.2. The average molecular weight is 310 g/mol. The molecule has 21 heavy (non-hydrogen) atoms. The smallest absolute Gasteiger partial charge is 0.202 e. The number of benzene rings is 1. The van der Waals surface area contributed by atoms with Crippen molar-refractivity contribution in [3.8, 4) is 11.8 Å². The van der Waals surface area contributed by atoms with Gasteiger partial charge in [-0.3, -0.25) is 4.79 Å². The molecule has 1 N–H and O–H groups in total. The molecule has 0 spiro atoms. The number of fused-ring (bicyclic) bond motifs is 1. The van der Waals surface area contributed by atoms with Crippen LogP contribution in [0.25, 0.3) is 5.57 Å². The van der Waals surface area contributed by atoms with Gasteiger partial charge in [0.15, 0.2) is 17.3 Å². The van der Waals surface area contributed by atoms with Crippen molar-refractivity contribution in [1.29, 1.82) is 5.26 Å². The monoisotopic (exact) mass is 309 g/mol. The molecule has 1 aromatic carbocycles. The first-order chi connectivity index (χ1) is 9.97. The Morgan fingerprint density at radius 2 is 1.95 bits per heavy atom. The number of hydrogen-bond donors (Lipinski definition) is 1. The molecule has 6 heteroatoms. The molecule has 0 aliphatic heterocycles. The molecule has 0 radical (unpaired) electrons. The van der Waals surface area contributed by atoms with E-state index < -0.39 is 17.4 Å². The number of nitriles is 1. The minimum Gasteiger partial charge on any atom is -0.504 e. The highest BCUT2D eigenvalue weighted by Gasteiger charge is 2.46. The van der Waals surface area contributed by atoms with Gasteiger partial charge < -0.3 is 5.11 Å². The number of hydrogen-bond acceptors (Lipinski definition) is 3. The van der Waals surface area contributed by atoms with Crippen LogP contribution in [0.1, 0.15) is 24.8 Å². The van der Waals surface area contributed by atoms with E-state index in [2.05, 4.69) is 0 Å². The molecule has 3 rings (SSSR count). The fourth-order valence-corrected chi connectivity index (χ4v) is 3.55. The summed E-state index contributed by atoms with van der Waals surface area (Å²) in [6.45, 7) is 0. The minimum absolute atomic E-state index is 0.121. The maximum Gasteiger partial charge on any atom is 0.202 e. The number of phenols is 1. The number of carbonyl (C=O) groups excluding carboxylic acids is 1. The number of aromatic hydroxyl groups is 1. The lowest BCUT2D eigenvalue weighted by atomic mass is 9.89. The summed E-state index contributed by atoms with van der Waals surface area (Å²) in [5.74, 6) is -4.62. The standard InChI is InChI=1S/C15H10ClF2NO2/c16-10-4-8(12(17)13(18)15(10)21)11-6-2-1-3-7(6)14(20)9(11)5-19/h4,6-7,21H,1-3H2. The quantitative estimate of drug-likeness (QED) is 0.806. The molecule has 2 atom stereocenters. The third-order valence-electron chi connectivity index (χ3n) is 4.28. The van der Waals surface area contributed by atoms with Gasteiger partial charge >= 0.3 is 0 Å². The van der Waals surface area contributed by atoms with Crippen LogP contribution in [-0.2, 0) is 4.79 Å². The van der Waals surface area contributed by atoms with Crippen molar-refractivity contribution < 1.29 is 18.7 Å².